The van der Waals surface area contributed by atoms with Crippen molar-refractivity contribution in [2.24, 2.45) is 0 Å². The molecule has 2 aromatic carbocycles. The summed E-state index contributed by atoms with van der Waals surface area (Å²) in [5, 5.41) is 18.4. The zero-order valence-corrected chi connectivity index (χ0v) is 19.4. The van der Waals surface area contributed by atoms with E-state index in [0.717, 1.165) is 15.4 Å². The standard InChI is InChI=1S/C23H32N2O5S/c1-18-5-9-20(10-6-18)25(17-22(28)24(13-15-26)14-16-27)31(29,30)21-11-7-19(8-12-21)23(2,3)4/h5-12,26-27H,13-17H2,1-4H3. The Kier molecular flexibility index (Phi) is 8.22. The first kappa shape index (κ1) is 24.8. The number of nitrogens with zero attached hydrogens (tertiary/aromatic N) is 2. The molecule has 0 heterocycles. The summed E-state index contributed by atoms with van der Waals surface area (Å²) in [6.07, 6.45) is 0. The van der Waals surface area contributed by atoms with Crippen molar-refractivity contribution >= 4 is 21.6 Å². The van der Waals surface area contributed by atoms with Gasteiger partial charge >= 0.3 is 0 Å². The molecule has 0 aliphatic carbocycles. The average Bonchev–Trinajstić information content (AvgIpc) is 2.72. The Bertz CT molecular complexity index is 959. The quantitative estimate of drug-likeness (QED) is 0.613. The Morgan fingerprint density at radius 3 is 1.87 bits per heavy atom. The number of carbonyl (C=O) groups excluding carboxylic acids is 1. The van der Waals surface area contributed by atoms with Crippen molar-refractivity contribution in [3.63, 3.8) is 0 Å². The summed E-state index contributed by atoms with van der Waals surface area (Å²) >= 11 is 0. The van der Waals surface area contributed by atoms with Crippen molar-refractivity contribution in [3.05, 3.63) is 59.7 Å². The van der Waals surface area contributed by atoms with Crippen molar-refractivity contribution in [2.75, 3.05) is 37.2 Å². The van der Waals surface area contributed by atoms with E-state index in [1.165, 1.54) is 4.90 Å². The third-order valence-corrected chi connectivity index (χ3v) is 6.79. The first-order chi connectivity index (χ1) is 14.5. The molecule has 0 unspecified atom stereocenters. The third-order valence-electron chi connectivity index (χ3n) is 5.00. The van der Waals surface area contributed by atoms with Crippen LogP contribution in [0.4, 0.5) is 5.69 Å². The maximum absolute atomic E-state index is 13.5. The minimum Gasteiger partial charge on any atom is -0.395 e. The molecular weight excluding hydrogens is 416 g/mol. The second-order valence-electron chi connectivity index (χ2n) is 8.45. The smallest absolute Gasteiger partial charge is 0.264 e. The van der Waals surface area contributed by atoms with Crippen LogP contribution in [0.2, 0.25) is 0 Å². The highest BCUT2D eigenvalue weighted by Crippen LogP contribution is 2.27. The van der Waals surface area contributed by atoms with Crippen LogP contribution in [0.15, 0.2) is 53.4 Å². The van der Waals surface area contributed by atoms with Gasteiger partial charge in [-0.3, -0.25) is 9.10 Å². The van der Waals surface area contributed by atoms with Crippen molar-refractivity contribution in [1.82, 2.24) is 4.90 Å². The lowest BCUT2D eigenvalue weighted by molar-refractivity contribution is -0.130. The Morgan fingerprint density at radius 1 is 0.903 bits per heavy atom. The van der Waals surface area contributed by atoms with E-state index in [1.807, 2.05) is 27.7 Å². The van der Waals surface area contributed by atoms with Gasteiger partial charge < -0.3 is 15.1 Å². The normalized spacial score (nSPS) is 11.9. The fourth-order valence-electron chi connectivity index (χ4n) is 3.11. The minimum absolute atomic E-state index is 0.0153. The first-order valence-electron chi connectivity index (χ1n) is 10.2. The van der Waals surface area contributed by atoms with E-state index in [0.29, 0.717) is 5.69 Å². The molecule has 2 rings (SSSR count). The summed E-state index contributed by atoms with van der Waals surface area (Å²) in [5.74, 6) is -0.501. The highest BCUT2D eigenvalue weighted by Gasteiger charge is 2.29. The number of hydrogen-bond donors (Lipinski definition) is 2. The summed E-state index contributed by atoms with van der Waals surface area (Å²) in [6.45, 7) is 7.06. The summed E-state index contributed by atoms with van der Waals surface area (Å²) in [7, 11) is -4.03. The van der Waals surface area contributed by atoms with Gasteiger partial charge in [0.15, 0.2) is 0 Å². The van der Waals surface area contributed by atoms with Gasteiger partial charge in [-0.2, -0.15) is 0 Å². The fraction of sp³-hybridized carbons (Fsp3) is 0.435. The van der Waals surface area contributed by atoms with Crippen molar-refractivity contribution in [2.45, 2.75) is 38.0 Å². The number of benzene rings is 2. The summed E-state index contributed by atoms with van der Waals surface area (Å²) < 4.78 is 28.1. The molecule has 2 aromatic rings. The molecule has 170 valence electrons. The molecule has 0 aliphatic heterocycles. The van der Waals surface area contributed by atoms with Crippen LogP contribution in [0, 0.1) is 6.92 Å². The molecule has 0 aliphatic rings. The first-order valence-corrected chi connectivity index (χ1v) is 11.6. The average molecular weight is 449 g/mol. The molecular formula is C23H32N2O5S. The fourth-order valence-corrected chi connectivity index (χ4v) is 4.52. The maximum atomic E-state index is 13.5. The van der Waals surface area contributed by atoms with E-state index in [9.17, 15) is 23.4 Å². The van der Waals surface area contributed by atoms with E-state index in [4.69, 9.17) is 0 Å². The number of rotatable bonds is 9. The van der Waals surface area contributed by atoms with Gasteiger partial charge in [0.05, 0.1) is 23.8 Å². The summed E-state index contributed by atoms with van der Waals surface area (Å²) in [4.78, 5) is 14.2. The molecule has 0 bridgehead atoms. The number of aryl methyl sites for hydroxylation is 1. The van der Waals surface area contributed by atoms with Crippen molar-refractivity contribution < 1.29 is 23.4 Å². The lowest BCUT2D eigenvalue weighted by atomic mass is 9.87. The predicted octanol–water partition coefficient (Wildman–Crippen LogP) is 2.30. The molecule has 0 fully saturated rings. The molecule has 0 spiro atoms. The zero-order chi connectivity index (χ0) is 23.2. The van der Waals surface area contributed by atoms with Crippen LogP contribution in [-0.4, -0.2) is 62.3 Å². The van der Waals surface area contributed by atoms with E-state index in [1.54, 1.807) is 48.5 Å². The van der Waals surface area contributed by atoms with Gasteiger partial charge in [-0.15, -0.1) is 0 Å². The lowest BCUT2D eigenvalue weighted by Gasteiger charge is -2.28. The number of sulfonamides is 1. The second kappa shape index (κ2) is 10.3. The Morgan fingerprint density at radius 2 is 1.42 bits per heavy atom. The Hall–Kier alpha value is -2.42. The van der Waals surface area contributed by atoms with Gasteiger partial charge in [-0.1, -0.05) is 50.6 Å². The van der Waals surface area contributed by atoms with Crippen LogP contribution in [0.5, 0.6) is 0 Å². The van der Waals surface area contributed by atoms with Crippen LogP contribution in [0.3, 0.4) is 0 Å². The van der Waals surface area contributed by atoms with Gasteiger partial charge in [-0.05, 0) is 42.2 Å². The van der Waals surface area contributed by atoms with Crippen LogP contribution in [0.25, 0.3) is 0 Å². The molecule has 0 saturated heterocycles. The minimum atomic E-state index is -4.03. The van der Waals surface area contributed by atoms with E-state index in [2.05, 4.69) is 0 Å². The number of amides is 1. The highest BCUT2D eigenvalue weighted by molar-refractivity contribution is 7.92. The van der Waals surface area contributed by atoms with Gasteiger partial charge in [0.1, 0.15) is 6.54 Å². The number of aliphatic hydroxyl groups excluding tert-OH is 2. The summed E-state index contributed by atoms with van der Waals surface area (Å²) in [5.41, 5.74) is 2.21. The molecule has 8 heteroatoms. The van der Waals surface area contributed by atoms with Crippen LogP contribution in [0.1, 0.15) is 31.9 Å². The van der Waals surface area contributed by atoms with Crippen LogP contribution < -0.4 is 4.31 Å². The van der Waals surface area contributed by atoms with Crippen LogP contribution in [-0.2, 0) is 20.2 Å². The molecule has 1 amide bonds. The van der Waals surface area contributed by atoms with E-state index >= 15 is 0 Å². The molecule has 0 radical (unpaired) electrons. The number of aliphatic hydroxyl groups is 2. The van der Waals surface area contributed by atoms with Crippen molar-refractivity contribution in [1.29, 1.82) is 0 Å². The van der Waals surface area contributed by atoms with Gasteiger partial charge in [0.2, 0.25) is 5.91 Å². The molecule has 7 nitrogen and oxygen atoms in total. The zero-order valence-electron chi connectivity index (χ0n) is 18.6. The van der Waals surface area contributed by atoms with Crippen molar-refractivity contribution in [3.8, 4) is 0 Å². The van der Waals surface area contributed by atoms with Gasteiger partial charge in [0.25, 0.3) is 10.0 Å². The molecule has 2 N–H and O–H groups in total. The largest absolute Gasteiger partial charge is 0.395 e. The van der Waals surface area contributed by atoms with E-state index < -0.39 is 22.5 Å². The summed E-state index contributed by atoms with van der Waals surface area (Å²) in [6, 6.07) is 13.6. The Balaban J connectivity index is 2.46. The number of hydrogen-bond acceptors (Lipinski definition) is 5. The molecule has 31 heavy (non-hydrogen) atoms. The van der Waals surface area contributed by atoms with Crippen LogP contribution >= 0.6 is 0 Å². The van der Waals surface area contributed by atoms with E-state index in [-0.39, 0.29) is 36.6 Å². The number of carbonyl (C=O) groups is 1. The van der Waals surface area contributed by atoms with Gasteiger partial charge in [-0.25, -0.2) is 8.42 Å². The lowest BCUT2D eigenvalue weighted by Crippen LogP contribution is -2.45. The molecule has 0 atom stereocenters. The SMILES string of the molecule is Cc1ccc(N(CC(=O)N(CCO)CCO)S(=O)(=O)c2ccc(C(C)(C)C)cc2)cc1. The predicted molar refractivity (Wildman–Crippen MR) is 122 cm³/mol. The molecule has 0 saturated carbocycles. The topological polar surface area (TPSA) is 98.2 Å². The molecule has 0 aromatic heterocycles. The maximum Gasteiger partial charge on any atom is 0.264 e. The second-order valence-corrected chi connectivity index (χ2v) is 10.3. The monoisotopic (exact) mass is 448 g/mol. The highest BCUT2D eigenvalue weighted by atomic mass is 32.2. The third kappa shape index (κ3) is 6.29. The number of anilines is 1. The Labute approximate surface area is 185 Å². The van der Waals surface area contributed by atoms with Gasteiger partial charge in [0, 0.05) is 13.1 Å².